The van der Waals surface area contributed by atoms with Crippen LogP contribution >= 0.6 is 18.9 Å². The average Bonchev–Trinajstić information content (AvgIpc) is 2.62. The van der Waals surface area contributed by atoms with Gasteiger partial charge in [-0.1, -0.05) is 54.6 Å². The predicted octanol–water partition coefficient (Wildman–Crippen LogP) is 1.22. The highest BCUT2D eigenvalue weighted by Gasteiger charge is 2.44. The van der Waals surface area contributed by atoms with Crippen molar-refractivity contribution in [3.05, 3.63) is 91.0 Å². The van der Waals surface area contributed by atoms with Crippen LogP contribution in [0.25, 0.3) is 0 Å². The van der Waals surface area contributed by atoms with Crippen molar-refractivity contribution >= 4 is 34.8 Å². The van der Waals surface area contributed by atoms with Crippen molar-refractivity contribution in [2.24, 2.45) is 0 Å². The summed E-state index contributed by atoms with van der Waals surface area (Å²) in [6.07, 6.45) is 0.979. The first-order valence-electron chi connectivity index (χ1n) is 7.49. The van der Waals surface area contributed by atoms with Gasteiger partial charge in [-0.05, 0) is 36.4 Å². The first kappa shape index (κ1) is 18.2. The fourth-order valence-electron chi connectivity index (χ4n) is 3.01. The summed E-state index contributed by atoms with van der Waals surface area (Å²) in [5.74, 6) is 0.659. The van der Waals surface area contributed by atoms with Gasteiger partial charge in [-0.3, -0.25) is 0 Å². The molecular weight excluding hydrogens is 387 g/mol. The lowest BCUT2D eigenvalue weighted by Crippen LogP contribution is -3.00. The van der Waals surface area contributed by atoms with Gasteiger partial charge < -0.3 is 17.0 Å². The van der Waals surface area contributed by atoms with Gasteiger partial charge in [-0.15, -0.1) is 11.6 Å². The molecule has 0 aliphatic heterocycles. The molecule has 0 aliphatic carbocycles. The number of alkyl halides is 1. The van der Waals surface area contributed by atoms with Crippen LogP contribution in [0.1, 0.15) is 0 Å². The van der Waals surface area contributed by atoms with Crippen LogP contribution in [-0.2, 0) is 0 Å². The molecule has 23 heavy (non-hydrogen) atoms. The molecule has 3 aromatic rings. The lowest BCUT2D eigenvalue weighted by Gasteiger charge is -2.26. The number of hydrogen-bond donors (Lipinski definition) is 0. The molecule has 0 unspecified atom stereocenters. The van der Waals surface area contributed by atoms with Gasteiger partial charge in [-0.25, -0.2) is 0 Å². The number of halogens is 2. The van der Waals surface area contributed by atoms with E-state index in [4.69, 9.17) is 11.6 Å². The van der Waals surface area contributed by atoms with Crippen molar-refractivity contribution < 1.29 is 17.0 Å². The minimum atomic E-state index is -1.69. The summed E-state index contributed by atoms with van der Waals surface area (Å²) in [6, 6.07) is 32.5. The number of hydrogen-bond acceptors (Lipinski definition) is 0. The third-order valence-electron chi connectivity index (χ3n) is 4.01. The van der Waals surface area contributed by atoms with E-state index in [2.05, 4.69) is 91.0 Å². The quantitative estimate of drug-likeness (QED) is 0.442. The fourth-order valence-corrected chi connectivity index (χ4v) is 7.74. The molecule has 0 bridgehead atoms. The second-order valence-corrected chi connectivity index (χ2v) is 9.22. The van der Waals surface area contributed by atoms with Gasteiger partial charge in [-0.2, -0.15) is 0 Å². The molecule has 3 rings (SSSR count). The molecule has 0 aromatic heterocycles. The molecule has 0 spiro atoms. The van der Waals surface area contributed by atoms with Crippen LogP contribution in [0, 0.1) is 0 Å². The van der Waals surface area contributed by atoms with Crippen LogP contribution in [0.3, 0.4) is 0 Å². The van der Waals surface area contributed by atoms with E-state index in [1.54, 1.807) is 0 Å². The van der Waals surface area contributed by atoms with Gasteiger partial charge in [0.1, 0.15) is 23.2 Å². The minimum Gasteiger partial charge on any atom is -1.00 e. The monoisotopic (exact) mass is 404 g/mol. The van der Waals surface area contributed by atoms with Gasteiger partial charge >= 0.3 is 0 Å². The molecule has 0 N–H and O–H groups in total. The Balaban J connectivity index is 0.00000192. The standard InChI is InChI=1S/C20H19ClP.BrH/c21-16-17-22(18-10-4-1-5-11-18,19-12-6-2-7-13-19)20-14-8-3-9-15-20;/h1-15H,16-17H2;1H/q+1;/p-1. The summed E-state index contributed by atoms with van der Waals surface area (Å²) in [5.41, 5.74) is 0. The van der Waals surface area contributed by atoms with Crippen LogP contribution in [0.4, 0.5) is 0 Å². The summed E-state index contributed by atoms with van der Waals surface area (Å²) in [6.45, 7) is 0. The molecule has 0 radical (unpaired) electrons. The van der Waals surface area contributed by atoms with Gasteiger partial charge in [0.2, 0.25) is 0 Å². The summed E-state index contributed by atoms with van der Waals surface area (Å²) in [7, 11) is -1.69. The molecule has 118 valence electrons. The number of rotatable bonds is 5. The molecule has 0 amide bonds. The Kier molecular flexibility index (Phi) is 6.84. The Morgan fingerprint density at radius 2 is 0.870 bits per heavy atom. The zero-order valence-electron chi connectivity index (χ0n) is 12.8. The molecule has 0 nitrogen and oxygen atoms in total. The highest BCUT2D eigenvalue weighted by atomic mass is 79.9. The average molecular weight is 406 g/mol. The van der Waals surface area contributed by atoms with Gasteiger partial charge in [0.15, 0.2) is 0 Å². The minimum absolute atomic E-state index is 0. The molecule has 0 saturated heterocycles. The summed E-state index contributed by atoms with van der Waals surface area (Å²) in [4.78, 5) is 0. The van der Waals surface area contributed by atoms with Crippen molar-refractivity contribution in [2.75, 3.05) is 12.0 Å². The van der Waals surface area contributed by atoms with E-state index in [-0.39, 0.29) is 17.0 Å². The Labute approximate surface area is 154 Å². The third kappa shape index (κ3) is 3.69. The van der Waals surface area contributed by atoms with Crippen molar-refractivity contribution in [3.63, 3.8) is 0 Å². The van der Waals surface area contributed by atoms with Crippen molar-refractivity contribution in [3.8, 4) is 0 Å². The second kappa shape index (κ2) is 8.64. The van der Waals surface area contributed by atoms with E-state index in [9.17, 15) is 0 Å². The van der Waals surface area contributed by atoms with Crippen molar-refractivity contribution in [1.82, 2.24) is 0 Å². The van der Waals surface area contributed by atoms with E-state index < -0.39 is 7.26 Å². The Morgan fingerprint density at radius 1 is 0.565 bits per heavy atom. The smallest absolute Gasteiger partial charge is 0.113 e. The lowest BCUT2D eigenvalue weighted by molar-refractivity contribution is -0.00000417. The first-order valence-corrected chi connectivity index (χ1v) is 9.99. The van der Waals surface area contributed by atoms with E-state index in [0.29, 0.717) is 5.88 Å². The van der Waals surface area contributed by atoms with E-state index >= 15 is 0 Å². The van der Waals surface area contributed by atoms with E-state index in [0.717, 1.165) is 6.16 Å². The highest BCUT2D eigenvalue weighted by molar-refractivity contribution is 7.95. The molecule has 3 heteroatoms. The molecule has 0 atom stereocenters. The summed E-state index contributed by atoms with van der Waals surface area (Å²) in [5, 5.41) is 4.19. The maximum absolute atomic E-state index is 6.26. The van der Waals surface area contributed by atoms with Crippen LogP contribution in [0.5, 0.6) is 0 Å². The Morgan fingerprint density at radius 3 is 1.13 bits per heavy atom. The third-order valence-corrected chi connectivity index (χ3v) is 8.90. The fraction of sp³-hybridized carbons (Fsp3) is 0.100. The number of benzene rings is 3. The van der Waals surface area contributed by atoms with Crippen LogP contribution in [0.15, 0.2) is 91.0 Å². The molecule has 3 aromatic carbocycles. The molecule has 0 fully saturated rings. The summed E-state index contributed by atoms with van der Waals surface area (Å²) < 4.78 is 0. The van der Waals surface area contributed by atoms with E-state index in [1.165, 1.54) is 15.9 Å². The van der Waals surface area contributed by atoms with Crippen molar-refractivity contribution in [2.45, 2.75) is 0 Å². The maximum Gasteiger partial charge on any atom is 0.113 e. The lowest BCUT2D eigenvalue weighted by atomic mass is 10.4. The largest absolute Gasteiger partial charge is 1.00 e. The van der Waals surface area contributed by atoms with Crippen LogP contribution in [0.2, 0.25) is 0 Å². The molecule has 0 saturated carbocycles. The van der Waals surface area contributed by atoms with Crippen LogP contribution in [-0.4, -0.2) is 12.0 Å². The Bertz CT molecular complexity index is 605. The summed E-state index contributed by atoms with van der Waals surface area (Å²) >= 11 is 6.26. The normalized spacial score (nSPS) is 10.8. The second-order valence-electron chi connectivity index (χ2n) is 5.23. The van der Waals surface area contributed by atoms with E-state index in [1.807, 2.05) is 0 Å². The topological polar surface area (TPSA) is 0 Å². The zero-order valence-corrected chi connectivity index (χ0v) is 16.0. The molecular formula is C20H19BrClP. The Hall–Kier alpha value is -1.14. The SMILES string of the molecule is ClCC[P+](c1ccccc1)(c1ccccc1)c1ccccc1.[Br-]. The first-order chi connectivity index (χ1) is 10.9. The van der Waals surface area contributed by atoms with Crippen LogP contribution < -0.4 is 32.9 Å². The maximum atomic E-state index is 6.26. The highest BCUT2D eigenvalue weighted by Crippen LogP contribution is 2.55. The molecule has 0 aliphatic rings. The zero-order chi connectivity index (χ0) is 15.3. The van der Waals surface area contributed by atoms with Gasteiger partial charge in [0.25, 0.3) is 0 Å². The predicted molar refractivity (Wildman–Crippen MR) is 101 cm³/mol. The van der Waals surface area contributed by atoms with Crippen molar-refractivity contribution in [1.29, 1.82) is 0 Å². The van der Waals surface area contributed by atoms with Gasteiger partial charge in [0, 0.05) is 0 Å². The van der Waals surface area contributed by atoms with Gasteiger partial charge in [0.05, 0.1) is 12.0 Å². The molecule has 0 heterocycles.